The predicted molar refractivity (Wildman–Crippen MR) is 90.3 cm³/mol. The Morgan fingerprint density at radius 3 is 3.08 bits per heavy atom. The van der Waals surface area contributed by atoms with E-state index in [2.05, 4.69) is 15.5 Å². The molecule has 2 aliphatic heterocycles. The van der Waals surface area contributed by atoms with Crippen LogP contribution in [0.15, 0.2) is 30.5 Å². The third-order valence-electron chi connectivity index (χ3n) is 4.75. The van der Waals surface area contributed by atoms with Crippen LogP contribution in [0, 0.1) is 0 Å². The molecule has 0 bridgehead atoms. The molecule has 3 aromatic rings. The molecule has 5 rings (SSSR count). The fourth-order valence-electron chi connectivity index (χ4n) is 3.63. The number of aromatic nitrogens is 2. The van der Waals surface area contributed by atoms with Gasteiger partial charge in [-0.2, -0.15) is 5.10 Å². The smallest absolute Gasteiger partial charge is 0.231 e. The van der Waals surface area contributed by atoms with E-state index in [1.807, 2.05) is 24.3 Å². The van der Waals surface area contributed by atoms with Crippen LogP contribution in [0.5, 0.6) is 17.2 Å². The summed E-state index contributed by atoms with van der Waals surface area (Å²) in [5, 5.41) is 11.2. The lowest BCUT2D eigenvalue weighted by atomic mass is 9.83. The predicted octanol–water partition coefficient (Wildman–Crippen LogP) is 2.77. The summed E-state index contributed by atoms with van der Waals surface area (Å²) < 4.78 is 16.5. The number of fused-ring (bicyclic) bond motifs is 4. The van der Waals surface area contributed by atoms with Crippen LogP contribution in [-0.2, 0) is 4.79 Å². The van der Waals surface area contributed by atoms with Gasteiger partial charge in [-0.05, 0) is 29.8 Å². The Morgan fingerprint density at radius 1 is 1.28 bits per heavy atom. The minimum atomic E-state index is -0.128. The van der Waals surface area contributed by atoms with E-state index in [0.29, 0.717) is 23.7 Å². The number of hydrogen-bond acceptors (Lipinski definition) is 5. The number of amides is 1. The number of nitrogens with one attached hydrogen (secondary N) is 2. The molecule has 7 nitrogen and oxygen atoms in total. The van der Waals surface area contributed by atoms with Crippen molar-refractivity contribution in [2.24, 2.45) is 0 Å². The Kier molecular flexibility index (Phi) is 2.91. The normalized spacial score (nSPS) is 18.1. The van der Waals surface area contributed by atoms with E-state index in [0.717, 1.165) is 27.7 Å². The molecule has 126 valence electrons. The van der Waals surface area contributed by atoms with Gasteiger partial charge in [0.2, 0.25) is 18.4 Å². The van der Waals surface area contributed by atoms with Crippen LogP contribution < -0.4 is 19.5 Å². The van der Waals surface area contributed by atoms with Gasteiger partial charge in [0.1, 0.15) is 0 Å². The summed E-state index contributed by atoms with van der Waals surface area (Å²) in [5.74, 6) is 1.70. The van der Waals surface area contributed by atoms with Gasteiger partial charge in [0, 0.05) is 29.0 Å². The topological polar surface area (TPSA) is 85.5 Å². The van der Waals surface area contributed by atoms with Gasteiger partial charge in [-0.25, -0.2) is 0 Å². The Morgan fingerprint density at radius 2 is 2.20 bits per heavy atom. The van der Waals surface area contributed by atoms with E-state index in [1.165, 1.54) is 0 Å². The third-order valence-corrected chi connectivity index (χ3v) is 4.75. The summed E-state index contributed by atoms with van der Waals surface area (Å²) in [5.41, 5.74) is 3.70. The lowest BCUT2D eigenvalue weighted by Gasteiger charge is -2.27. The third kappa shape index (κ3) is 2.05. The highest BCUT2D eigenvalue weighted by atomic mass is 16.7. The van der Waals surface area contributed by atoms with Crippen LogP contribution in [-0.4, -0.2) is 30.0 Å². The van der Waals surface area contributed by atoms with Crippen LogP contribution in [0.2, 0.25) is 0 Å². The zero-order valence-corrected chi connectivity index (χ0v) is 13.5. The monoisotopic (exact) mass is 337 g/mol. The van der Waals surface area contributed by atoms with Crippen molar-refractivity contribution in [1.82, 2.24) is 10.2 Å². The molecule has 0 saturated carbocycles. The molecule has 25 heavy (non-hydrogen) atoms. The molecule has 2 N–H and O–H groups in total. The molecule has 1 atom stereocenters. The molecule has 2 aromatic carbocycles. The van der Waals surface area contributed by atoms with E-state index in [9.17, 15) is 4.79 Å². The van der Waals surface area contributed by atoms with Crippen molar-refractivity contribution in [2.45, 2.75) is 12.3 Å². The number of H-pyrrole nitrogens is 1. The zero-order valence-electron chi connectivity index (χ0n) is 13.5. The second kappa shape index (κ2) is 5.14. The minimum Gasteiger partial charge on any atom is -0.493 e. The number of carbonyl (C=O) groups is 1. The highest BCUT2D eigenvalue weighted by Gasteiger charge is 2.31. The number of aromatic amines is 1. The maximum absolute atomic E-state index is 12.2. The molecule has 0 radical (unpaired) electrons. The Labute approximate surface area is 142 Å². The first-order chi connectivity index (χ1) is 12.2. The van der Waals surface area contributed by atoms with E-state index in [1.54, 1.807) is 13.3 Å². The van der Waals surface area contributed by atoms with Gasteiger partial charge in [0.05, 0.1) is 18.8 Å². The molecule has 1 unspecified atom stereocenters. The van der Waals surface area contributed by atoms with Crippen LogP contribution in [0.3, 0.4) is 0 Å². The van der Waals surface area contributed by atoms with Gasteiger partial charge in [-0.3, -0.25) is 9.89 Å². The fraction of sp³-hybridized carbons (Fsp3) is 0.222. The van der Waals surface area contributed by atoms with E-state index in [-0.39, 0.29) is 18.6 Å². The maximum Gasteiger partial charge on any atom is 0.231 e. The van der Waals surface area contributed by atoms with Gasteiger partial charge in [0.25, 0.3) is 0 Å². The molecule has 2 aliphatic rings. The Hall–Kier alpha value is -3.22. The fourth-order valence-corrected chi connectivity index (χ4v) is 3.63. The number of benzene rings is 2. The van der Waals surface area contributed by atoms with Crippen molar-refractivity contribution in [3.8, 4) is 17.2 Å². The van der Waals surface area contributed by atoms with Crippen molar-refractivity contribution in [1.29, 1.82) is 0 Å². The Bertz CT molecular complexity index is 1010. The summed E-state index contributed by atoms with van der Waals surface area (Å²) in [7, 11) is 1.59. The molecule has 1 aromatic heterocycles. The highest BCUT2D eigenvalue weighted by molar-refractivity contribution is 6.00. The average molecular weight is 337 g/mol. The number of carbonyl (C=O) groups excluding carboxylic acids is 1. The number of hydrogen-bond donors (Lipinski definition) is 2. The first-order valence-electron chi connectivity index (χ1n) is 7.98. The van der Waals surface area contributed by atoms with Crippen LogP contribution in [0.1, 0.15) is 23.5 Å². The Balaban J connectivity index is 1.73. The first kappa shape index (κ1) is 14.2. The molecule has 0 fully saturated rings. The number of ether oxygens (including phenoxy) is 3. The van der Waals surface area contributed by atoms with Gasteiger partial charge in [-0.1, -0.05) is 0 Å². The van der Waals surface area contributed by atoms with Gasteiger partial charge in [0.15, 0.2) is 11.5 Å². The average Bonchev–Trinajstić information content (AvgIpc) is 3.28. The van der Waals surface area contributed by atoms with Gasteiger partial charge in [-0.15, -0.1) is 0 Å². The lowest BCUT2D eigenvalue weighted by molar-refractivity contribution is -0.116. The highest BCUT2D eigenvalue weighted by Crippen LogP contribution is 2.47. The van der Waals surface area contributed by atoms with Gasteiger partial charge < -0.3 is 19.5 Å². The summed E-state index contributed by atoms with van der Waals surface area (Å²) in [6.45, 7) is 0.168. The van der Waals surface area contributed by atoms with E-state index >= 15 is 0 Å². The maximum atomic E-state index is 12.2. The van der Waals surface area contributed by atoms with Gasteiger partial charge >= 0.3 is 0 Å². The number of nitrogens with zero attached hydrogens (tertiary/aromatic N) is 1. The number of anilines is 1. The molecular weight excluding hydrogens is 322 g/mol. The van der Waals surface area contributed by atoms with Crippen molar-refractivity contribution in [3.05, 3.63) is 41.6 Å². The standard InChI is InChI=1S/C18H15N3O4/c1-23-13-4-10(5-14-18(13)25-8-24-14)11-6-15(22)20-12-3-2-9-7-19-21-17(9)16(11)12/h2-5,7,11H,6,8H2,1H3,(H,19,21)(H,20,22). The quantitative estimate of drug-likeness (QED) is 0.751. The first-order valence-corrected chi connectivity index (χ1v) is 7.98. The lowest BCUT2D eigenvalue weighted by Crippen LogP contribution is -2.23. The second-order valence-corrected chi connectivity index (χ2v) is 6.12. The van der Waals surface area contributed by atoms with Crippen molar-refractivity contribution in [2.75, 3.05) is 19.2 Å². The van der Waals surface area contributed by atoms with E-state index in [4.69, 9.17) is 14.2 Å². The molecule has 0 saturated heterocycles. The van der Waals surface area contributed by atoms with Crippen molar-refractivity contribution >= 4 is 22.5 Å². The molecule has 7 heteroatoms. The molecule has 3 heterocycles. The summed E-state index contributed by atoms with van der Waals surface area (Å²) >= 11 is 0. The number of methoxy groups -OCH3 is 1. The molecular formula is C18H15N3O4. The molecule has 1 amide bonds. The second-order valence-electron chi connectivity index (χ2n) is 6.12. The number of rotatable bonds is 2. The summed E-state index contributed by atoms with van der Waals surface area (Å²) in [6, 6.07) is 7.70. The SMILES string of the molecule is COc1cc(C2CC(=O)Nc3ccc4cn[nH]c4c32)cc2c1OCO2. The summed E-state index contributed by atoms with van der Waals surface area (Å²) in [6.07, 6.45) is 2.12. The zero-order chi connectivity index (χ0) is 17.0. The van der Waals surface area contributed by atoms with Crippen LogP contribution >= 0.6 is 0 Å². The molecule has 0 aliphatic carbocycles. The van der Waals surface area contributed by atoms with Crippen molar-refractivity contribution in [3.63, 3.8) is 0 Å². The largest absolute Gasteiger partial charge is 0.493 e. The minimum absolute atomic E-state index is 0.0204. The van der Waals surface area contributed by atoms with Crippen LogP contribution in [0.4, 0.5) is 5.69 Å². The van der Waals surface area contributed by atoms with Crippen LogP contribution in [0.25, 0.3) is 10.9 Å². The summed E-state index contributed by atoms with van der Waals surface area (Å²) in [4.78, 5) is 12.2. The van der Waals surface area contributed by atoms with Crippen molar-refractivity contribution < 1.29 is 19.0 Å². The molecule has 0 spiro atoms. The van der Waals surface area contributed by atoms with E-state index < -0.39 is 0 Å².